The number of thiophene rings is 1. The summed E-state index contributed by atoms with van der Waals surface area (Å²) in [5.41, 5.74) is 0. The largest absolute Gasteiger partial charge is 0.393 e. The van der Waals surface area contributed by atoms with Crippen molar-refractivity contribution in [1.29, 1.82) is 0 Å². The molecule has 3 atom stereocenters. The van der Waals surface area contributed by atoms with Gasteiger partial charge >= 0.3 is 6.03 Å². The fourth-order valence-electron chi connectivity index (χ4n) is 2.81. The van der Waals surface area contributed by atoms with Crippen molar-refractivity contribution in [2.45, 2.75) is 45.8 Å². The molecule has 1 aromatic heterocycles. The molecule has 0 bridgehead atoms. The van der Waals surface area contributed by atoms with Crippen LogP contribution in [0.3, 0.4) is 0 Å². The maximum atomic E-state index is 12.4. The lowest BCUT2D eigenvalue weighted by Crippen LogP contribution is -2.41. The number of urea groups is 1. The number of hydrogen-bond donors (Lipinski definition) is 2. The van der Waals surface area contributed by atoms with Crippen molar-refractivity contribution in [2.24, 2.45) is 11.8 Å². The molecule has 2 heterocycles. The highest BCUT2D eigenvalue weighted by molar-refractivity contribution is 7.10. The quantitative estimate of drug-likeness (QED) is 0.877. The lowest BCUT2D eigenvalue weighted by Gasteiger charge is -2.24. The lowest BCUT2D eigenvalue weighted by atomic mass is 10.0. The first kappa shape index (κ1) is 16.3. The molecule has 2 amide bonds. The van der Waals surface area contributed by atoms with Crippen LogP contribution in [0.2, 0.25) is 0 Å². The predicted molar refractivity (Wildman–Crippen MR) is 86.4 cm³/mol. The number of nitrogens with zero attached hydrogens (tertiary/aromatic N) is 1. The van der Waals surface area contributed by atoms with Gasteiger partial charge in [0.05, 0.1) is 12.1 Å². The molecule has 1 saturated heterocycles. The summed E-state index contributed by atoms with van der Waals surface area (Å²) in [7, 11) is 0. The molecular formula is C16H26N2O2S. The number of nitrogens with one attached hydrogen (secondary N) is 1. The number of rotatable bonds is 5. The van der Waals surface area contributed by atoms with E-state index in [4.69, 9.17) is 0 Å². The van der Waals surface area contributed by atoms with Gasteiger partial charge in [0.2, 0.25) is 0 Å². The molecule has 21 heavy (non-hydrogen) atoms. The molecule has 1 fully saturated rings. The molecule has 1 aliphatic rings. The highest BCUT2D eigenvalue weighted by atomic mass is 32.1. The highest BCUT2D eigenvalue weighted by Crippen LogP contribution is 2.26. The van der Waals surface area contributed by atoms with Crippen LogP contribution in [0, 0.1) is 11.8 Å². The minimum absolute atomic E-state index is 0.00259. The van der Waals surface area contributed by atoms with Gasteiger partial charge in [-0.15, -0.1) is 11.3 Å². The zero-order valence-electron chi connectivity index (χ0n) is 13.1. The Morgan fingerprint density at radius 2 is 2.29 bits per heavy atom. The van der Waals surface area contributed by atoms with E-state index in [2.05, 4.69) is 25.2 Å². The second-order valence-electron chi connectivity index (χ2n) is 6.38. The maximum absolute atomic E-state index is 12.4. The predicted octanol–water partition coefficient (Wildman–Crippen LogP) is 3.25. The third kappa shape index (κ3) is 4.45. The molecule has 0 spiro atoms. The molecular weight excluding hydrogens is 284 g/mol. The average molecular weight is 310 g/mol. The van der Waals surface area contributed by atoms with Gasteiger partial charge in [-0.05, 0) is 37.1 Å². The zero-order valence-corrected chi connectivity index (χ0v) is 13.9. The van der Waals surface area contributed by atoms with Gasteiger partial charge in [0.1, 0.15) is 0 Å². The van der Waals surface area contributed by atoms with Crippen molar-refractivity contribution in [2.75, 3.05) is 13.1 Å². The molecule has 0 aromatic carbocycles. The third-order valence-corrected chi connectivity index (χ3v) is 5.07. The summed E-state index contributed by atoms with van der Waals surface area (Å²) in [5, 5.41) is 14.9. The van der Waals surface area contributed by atoms with Crippen LogP contribution >= 0.6 is 11.3 Å². The second kappa shape index (κ2) is 7.27. The number of carbonyl (C=O) groups excluding carboxylic acids is 1. The molecule has 4 nitrogen and oxygen atoms in total. The maximum Gasteiger partial charge on any atom is 0.317 e. The summed E-state index contributed by atoms with van der Waals surface area (Å²) >= 11 is 1.69. The van der Waals surface area contributed by atoms with E-state index in [9.17, 15) is 9.90 Å². The fraction of sp³-hybridized carbons (Fsp3) is 0.688. The first-order valence-corrected chi connectivity index (χ1v) is 8.62. The number of aliphatic hydroxyl groups excluding tert-OH is 1. The zero-order chi connectivity index (χ0) is 15.4. The third-order valence-electron chi connectivity index (χ3n) is 4.09. The van der Waals surface area contributed by atoms with Crippen LogP contribution in [0.4, 0.5) is 4.79 Å². The summed E-state index contributed by atoms with van der Waals surface area (Å²) in [6.45, 7) is 7.54. The Labute approximate surface area is 131 Å². The molecule has 1 aliphatic heterocycles. The molecule has 0 unspecified atom stereocenters. The van der Waals surface area contributed by atoms with Crippen LogP contribution in [0.15, 0.2) is 17.5 Å². The van der Waals surface area contributed by atoms with Crippen molar-refractivity contribution in [3.63, 3.8) is 0 Å². The highest BCUT2D eigenvalue weighted by Gasteiger charge is 2.30. The summed E-state index contributed by atoms with van der Waals surface area (Å²) in [5.74, 6) is 0.738. The van der Waals surface area contributed by atoms with E-state index >= 15 is 0 Å². The van der Waals surface area contributed by atoms with E-state index in [1.54, 1.807) is 18.3 Å². The lowest BCUT2D eigenvalue weighted by molar-refractivity contribution is 0.129. The molecule has 0 saturated carbocycles. The minimum Gasteiger partial charge on any atom is -0.393 e. The Balaban J connectivity index is 1.95. The van der Waals surface area contributed by atoms with Gasteiger partial charge in [0.15, 0.2) is 0 Å². The molecule has 2 N–H and O–H groups in total. The molecule has 5 heteroatoms. The first-order chi connectivity index (χ1) is 9.97. The molecule has 2 rings (SSSR count). The number of carbonyl (C=O) groups is 1. The van der Waals surface area contributed by atoms with Crippen molar-refractivity contribution in [3.05, 3.63) is 22.4 Å². The second-order valence-corrected chi connectivity index (χ2v) is 7.36. The van der Waals surface area contributed by atoms with Crippen LogP contribution < -0.4 is 5.32 Å². The van der Waals surface area contributed by atoms with Gasteiger partial charge in [0.25, 0.3) is 0 Å². The van der Waals surface area contributed by atoms with Crippen molar-refractivity contribution >= 4 is 17.4 Å². The molecule has 118 valence electrons. The normalized spacial score (nSPS) is 21.6. The fourth-order valence-corrected chi connectivity index (χ4v) is 3.60. The summed E-state index contributed by atoms with van der Waals surface area (Å²) in [4.78, 5) is 15.5. The topological polar surface area (TPSA) is 52.6 Å². The Morgan fingerprint density at radius 3 is 2.81 bits per heavy atom. The Hall–Kier alpha value is -1.07. The minimum atomic E-state index is -0.341. The SMILES string of the molecule is CC(C)C[C@H](NC(=O)N1CC[C@H]([C@H](C)O)C1)c1cccs1. The van der Waals surface area contributed by atoms with Crippen molar-refractivity contribution in [3.8, 4) is 0 Å². The summed E-state index contributed by atoms with van der Waals surface area (Å²) < 4.78 is 0. The molecule has 0 aliphatic carbocycles. The van der Waals surface area contributed by atoms with Gasteiger partial charge in [0, 0.05) is 23.9 Å². The van der Waals surface area contributed by atoms with Gasteiger partial charge in [-0.1, -0.05) is 19.9 Å². The van der Waals surface area contributed by atoms with Gasteiger partial charge < -0.3 is 15.3 Å². The van der Waals surface area contributed by atoms with Gasteiger partial charge in [-0.25, -0.2) is 4.79 Å². The van der Waals surface area contributed by atoms with Gasteiger partial charge in [-0.3, -0.25) is 0 Å². The average Bonchev–Trinajstić information content (AvgIpc) is 3.09. The van der Waals surface area contributed by atoms with Crippen molar-refractivity contribution in [1.82, 2.24) is 10.2 Å². The summed E-state index contributed by atoms with van der Waals surface area (Å²) in [6.07, 6.45) is 1.49. The van der Waals surface area contributed by atoms with Crippen LogP contribution in [0.5, 0.6) is 0 Å². The van der Waals surface area contributed by atoms with Crippen LogP contribution in [-0.2, 0) is 0 Å². The van der Waals surface area contributed by atoms with E-state index in [1.807, 2.05) is 16.3 Å². The monoisotopic (exact) mass is 310 g/mol. The van der Waals surface area contributed by atoms with E-state index in [0.29, 0.717) is 12.5 Å². The smallest absolute Gasteiger partial charge is 0.317 e. The molecule has 0 radical (unpaired) electrons. The molecule has 1 aromatic rings. The standard InChI is InChI=1S/C16H26N2O2S/c1-11(2)9-14(15-5-4-8-21-15)17-16(20)18-7-6-13(10-18)12(3)19/h4-5,8,11-14,19H,6-7,9-10H2,1-3H3,(H,17,20)/t12-,13-,14-/m0/s1. The first-order valence-electron chi connectivity index (χ1n) is 7.74. The van der Waals surface area contributed by atoms with Gasteiger partial charge in [-0.2, -0.15) is 0 Å². The number of aliphatic hydroxyl groups is 1. The van der Waals surface area contributed by atoms with E-state index in [0.717, 1.165) is 19.4 Å². The summed E-state index contributed by atoms with van der Waals surface area (Å²) in [6, 6.07) is 4.19. The number of likely N-dealkylation sites (tertiary alicyclic amines) is 1. The Bertz CT molecular complexity index is 445. The van der Waals surface area contributed by atoms with Crippen LogP contribution in [-0.4, -0.2) is 35.2 Å². The van der Waals surface area contributed by atoms with Crippen LogP contribution in [0.25, 0.3) is 0 Å². The Morgan fingerprint density at radius 1 is 1.52 bits per heavy atom. The van der Waals surface area contributed by atoms with Crippen LogP contribution in [0.1, 0.15) is 44.5 Å². The number of amides is 2. The van der Waals surface area contributed by atoms with Crippen molar-refractivity contribution < 1.29 is 9.90 Å². The number of hydrogen-bond acceptors (Lipinski definition) is 3. The van der Waals surface area contributed by atoms with E-state index in [1.165, 1.54) is 4.88 Å². The van der Waals surface area contributed by atoms with E-state index < -0.39 is 0 Å². The Kier molecular flexibility index (Phi) is 5.65. The van der Waals surface area contributed by atoms with E-state index in [-0.39, 0.29) is 24.1 Å².